The van der Waals surface area contributed by atoms with E-state index in [-0.39, 0.29) is 30.3 Å². The first kappa shape index (κ1) is 13.2. The highest BCUT2D eigenvalue weighted by atomic mass is 16.4. The Hall–Kier alpha value is -1.79. The van der Waals surface area contributed by atoms with E-state index < -0.39 is 12.0 Å². The summed E-state index contributed by atoms with van der Waals surface area (Å²) >= 11 is 0. The van der Waals surface area contributed by atoms with Gasteiger partial charge in [0.1, 0.15) is 6.04 Å². The van der Waals surface area contributed by atoms with Crippen LogP contribution in [0.1, 0.15) is 25.7 Å². The van der Waals surface area contributed by atoms with Gasteiger partial charge in [0.25, 0.3) is 0 Å². The van der Waals surface area contributed by atoms with Gasteiger partial charge in [-0.1, -0.05) is 6.42 Å². The molecular weight excluding hydrogens is 262 g/mol. The van der Waals surface area contributed by atoms with Crippen LogP contribution < -0.4 is 10.6 Å². The third kappa shape index (κ3) is 2.21. The van der Waals surface area contributed by atoms with E-state index >= 15 is 0 Å². The number of carboxylic acids is 1. The number of likely N-dealkylation sites (tertiary alicyclic amines) is 1. The number of rotatable bonds is 2. The Labute approximate surface area is 116 Å². The van der Waals surface area contributed by atoms with Crippen LogP contribution in [0.5, 0.6) is 0 Å². The molecule has 20 heavy (non-hydrogen) atoms. The molecule has 3 aliphatic rings. The predicted octanol–water partition coefficient (Wildman–Crippen LogP) is -0.230. The van der Waals surface area contributed by atoms with E-state index in [4.69, 9.17) is 0 Å². The number of fused-ring (bicyclic) bond motifs is 1. The molecule has 3 fully saturated rings. The second-order valence-electron chi connectivity index (χ2n) is 5.94. The number of nitrogens with zero attached hydrogens (tertiary/aromatic N) is 1. The van der Waals surface area contributed by atoms with Crippen LogP contribution in [0.25, 0.3) is 0 Å². The Bertz CT molecular complexity index is 453. The van der Waals surface area contributed by atoms with E-state index in [1.54, 1.807) is 0 Å². The van der Waals surface area contributed by atoms with Crippen LogP contribution in [-0.2, 0) is 9.59 Å². The van der Waals surface area contributed by atoms with Crippen molar-refractivity contribution in [3.05, 3.63) is 0 Å². The lowest BCUT2D eigenvalue weighted by molar-refractivity contribution is -0.142. The van der Waals surface area contributed by atoms with Gasteiger partial charge in [0.15, 0.2) is 0 Å². The normalized spacial score (nSPS) is 35.8. The summed E-state index contributed by atoms with van der Waals surface area (Å²) in [6.45, 7) is 0.935. The zero-order valence-electron chi connectivity index (χ0n) is 11.2. The van der Waals surface area contributed by atoms with Crippen LogP contribution in [-0.4, -0.2) is 53.1 Å². The zero-order valence-corrected chi connectivity index (χ0v) is 11.2. The molecule has 2 aliphatic heterocycles. The van der Waals surface area contributed by atoms with Gasteiger partial charge < -0.3 is 20.6 Å². The molecule has 0 radical (unpaired) electrons. The number of hydrogen-bond acceptors (Lipinski definition) is 3. The average Bonchev–Trinajstić information content (AvgIpc) is 3.02. The Kier molecular flexibility index (Phi) is 3.27. The van der Waals surface area contributed by atoms with Gasteiger partial charge in [0, 0.05) is 19.5 Å². The first-order valence-electron chi connectivity index (χ1n) is 7.13. The number of urea groups is 1. The second-order valence-corrected chi connectivity index (χ2v) is 5.94. The van der Waals surface area contributed by atoms with E-state index in [0.29, 0.717) is 19.0 Å². The number of carbonyl (C=O) groups excluding carboxylic acids is 2. The highest BCUT2D eigenvalue weighted by Gasteiger charge is 2.49. The molecular formula is C13H19N3O4. The van der Waals surface area contributed by atoms with E-state index in [1.807, 2.05) is 0 Å². The minimum atomic E-state index is -0.921. The molecule has 2 saturated heterocycles. The zero-order chi connectivity index (χ0) is 14.3. The molecule has 7 nitrogen and oxygen atoms in total. The first-order chi connectivity index (χ1) is 9.56. The van der Waals surface area contributed by atoms with Crippen molar-refractivity contribution in [3.63, 3.8) is 0 Å². The van der Waals surface area contributed by atoms with E-state index in [0.717, 1.165) is 19.3 Å². The molecule has 3 rings (SSSR count). The Morgan fingerprint density at radius 2 is 2.15 bits per heavy atom. The van der Waals surface area contributed by atoms with Gasteiger partial charge in [-0.3, -0.25) is 4.79 Å². The summed E-state index contributed by atoms with van der Waals surface area (Å²) in [5.74, 6) is -0.606. The lowest BCUT2D eigenvalue weighted by Gasteiger charge is -2.26. The largest absolute Gasteiger partial charge is 0.480 e. The van der Waals surface area contributed by atoms with Crippen molar-refractivity contribution < 1.29 is 19.5 Å². The quantitative estimate of drug-likeness (QED) is 0.651. The molecule has 0 bridgehead atoms. The third-order valence-electron chi connectivity index (χ3n) is 4.71. The Morgan fingerprint density at radius 3 is 2.80 bits per heavy atom. The van der Waals surface area contributed by atoms with Crippen LogP contribution in [0.4, 0.5) is 4.79 Å². The van der Waals surface area contributed by atoms with Gasteiger partial charge in [0.2, 0.25) is 5.91 Å². The number of carbonyl (C=O) groups is 3. The Morgan fingerprint density at radius 1 is 1.35 bits per heavy atom. The fraction of sp³-hybridized carbons (Fsp3) is 0.769. The summed E-state index contributed by atoms with van der Waals surface area (Å²) in [6, 6.07) is -1.30. The average molecular weight is 281 g/mol. The van der Waals surface area contributed by atoms with E-state index in [2.05, 4.69) is 10.6 Å². The van der Waals surface area contributed by atoms with Crippen LogP contribution >= 0.6 is 0 Å². The van der Waals surface area contributed by atoms with Crippen molar-refractivity contribution in [1.82, 2.24) is 15.5 Å². The van der Waals surface area contributed by atoms with Crippen molar-refractivity contribution in [1.29, 1.82) is 0 Å². The van der Waals surface area contributed by atoms with Crippen LogP contribution in [0, 0.1) is 11.8 Å². The fourth-order valence-electron chi connectivity index (χ4n) is 3.80. The van der Waals surface area contributed by atoms with Gasteiger partial charge in [-0.05, 0) is 24.7 Å². The molecule has 4 atom stereocenters. The molecule has 7 heteroatoms. The molecule has 0 spiro atoms. The minimum absolute atomic E-state index is 0.0802. The highest BCUT2D eigenvalue weighted by Crippen LogP contribution is 2.42. The molecule has 0 aromatic heterocycles. The van der Waals surface area contributed by atoms with Crippen molar-refractivity contribution >= 4 is 17.9 Å². The smallest absolute Gasteiger partial charge is 0.326 e. The topological polar surface area (TPSA) is 98.7 Å². The van der Waals surface area contributed by atoms with Gasteiger partial charge in [-0.2, -0.15) is 0 Å². The van der Waals surface area contributed by atoms with Gasteiger partial charge in [-0.15, -0.1) is 0 Å². The molecule has 4 unspecified atom stereocenters. The minimum Gasteiger partial charge on any atom is -0.480 e. The van der Waals surface area contributed by atoms with Crippen LogP contribution in [0.3, 0.4) is 0 Å². The summed E-state index contributed by atoms with van der Waals surface area (Å²) in [5.41, 5.74) is 0. The molecule has 3 N–H and O–H groups in total. The van der Waals surface area contributed by atoms with Crippen LogP contribution in [0.2, 0.25) is 0 Å². The number of amides is 3. The number of nitrogens with one attached hydrogen (secondary N) is 2. The lowest BCUT2D eigenvalue weighted by Crippen LogP contribution is -2.50. The second kappa shape index (κ2) is 4.96. The summed E-state index contributed by atoms with van der Waals surface area (Å²) in [4.78, 5) is 36.3. The van der Waals surface area contributed by atoms with Gasteiger partial charge in [0.05, 0.1) is 6.04 Å². The summed E-state index contributed by atoms with van der Waals surface area (Å²) < 4.78 is 0. The van der Waals surface area contributed by atoms with E-state index in [9.17, 15) is 19.5 Å². The molecule has 0 aromatic rings. The molecule has 2 heterocycles. The first-order valence-corrected chi connectivity index (χ1v) is 7.13. The van der Waals surface area contributed by atoms with Crippen LogP contribution in [0.15, 0.2) is 0 Å². The van der Waals surface area contributed by atoms with Gasteiger partial charge >= 0.3 is 12.0 Å². The lowest BCUT2D eigenvalue weighted by atomic mass is 9.94. The number of carboxylic acid groups (broad SMARTS) is 1. The molecule has 3 amide bonds. The fourth-order valence-corrected chi connectivity index (χ4v) is 3.80. The summed E-state index contributed by atoms with van der Waals surface area (Å²) in [6.07, 6.45) is 3.20. The Balaban J connectivity index is 1.67. The summed E-state index contributed by atoms with van der Waals surface area (Å²) in [7, 11) is 0. The number of hydrogen-bond donors (Lipinski definition) is 3. The maximum absolute atomic E-state index is 12.3. The van der Waals surface area contributed by atoms with Crippen molar-refractivity contribution in [2.45, 2.75) is 37.8 Å². The molecule has 0 aromatic carbocycles. The predicted molar refractivity (Wildman–Crippen MR) is 68.9 cm³/mol. The molecule has 1 aliphatic carbocycles. The number of aliphatic carboxylic acids is 1. The highest BCUT2D eigenvalue weighted by molar-refractivity contribution is 5.85. The van der Waals surface area contributed by atoms with Crippen molar-refractivity contribution in [2.75, 3.05) is 13.1 Å². The standard InChI is InChI=1S/C13H19N3O4/c17-10-4-8(5-14-10)15-13(20)16-6-7-2-1-3-9(7)11(16)12(18)19/h7-9,11H,1-6H2,(H,14,17)(H,15,20)(H,18,19). The maximum atomic E-state index is 12.3. The molecule has 1 saturated carbocycles. The van der Waals surface area contributed by atoms with E-state index in [1.165, 1.54) is 4.90 Å². The monoisotopic (exact) mass is 281 g/mol. The maximum Gasteiger partial charge on any atom is 0.326 e. The van der Waals surface area contributed by atoms with Crippen molar-refractivity contribution in [3.8, 4) is 0 Å². The summed E-state index contributed by atoms with van der Waals surface area (Å²) in [5, 5.41) is 14.8. The SMILES string of the molecule is O=C1CC(NC(=O)N2CC3CCCC3C2C(=O)O)CN1. The third-order valence-corrected chi connectivity index (χ3v) is 4.71. The van der Waals surface area contributed by atoms with Gasteiger partial charge in [-0.25, -0.2) is 9.59 Å². The molecule has 110 valence electrons. The van der Waals surface area contributed by atoms with Crippen molar-refractivity contribution in [2.24, 2.45) is 11.8 Å².